The van der Waals surface area contributed by atoms with E-state index < -0.39 is 17.8 Å². The van der Waals surface area contributed by atoms with Gasteiger partial charge in [0.1, 0.15) is 0 Å². The van der Waals surface area contributed by atoms with Crippen LogP contribution < -0.4 is 11.5 Å². The summed E-state index contributed by atoms with van der Waals surface area (Å²) < 4.78 is 0. The number of carboxylic acids is 1. The fourth-order valence-electron chi connectivity index (χ4n) is 0. The summed E-state index contributed by atoms with van der Waals surface area (Å²) in [6, 6.07) is 0. The molecule has 2 amide bonds. The first kappa shape index (κ1) is 19.2. The molecule has 0 saturated carbocycles. The first-order valence-corrected chi connectivity index (χ1v) is 3.91. The van der Waals surface area contributed by atoms with Gasteiger partial charge in [0, 0.05) is 5.57 Å². The molecule has 16 heavy (non-hydrogen) atoms. The Bertz CT molecular complexity index is 265. The van der Waals surface area contributed by atoms with E-state index in [1.165, 1.54) is 6.92 Å². The number of amides is 2. The van der Waals surface area contributed by atoms with E-state index in [2.05, 4.69) is 31.2 Å². The van der Waals surface area contributed by atoms with Gasteiger partial charge in [-0.15, -0.1) is 0 Å². The van der Waals surface area contributed by atoms with E-state index in [9.17, 15) is 14.4 Å². The van der Waals surface area contributed by atoms with Gasteiger partial charge in [0.25, 0.3) is 0 Å². The zero-order valence-corrected chi connectivity index (χ0v) is 9.10. The van der Waals surface area contributed by atoms with E-state index in [0.29, 0.717) is 0 Å². The molecular formula is C10H16N2O4. The molecule has 0 aromatic carbocycles. The quantitative estimate of drug-likeness (QED) is 0.586. The molecule has 0 saturated heterocycles. The van der Waals surface area contributed by atoms with Gasteiger partial charge in [0.15, 0.2) is 0 Å². The zero-order chi connectivity index (χ0) is 13.7. The molecule has 0 radical (unpaired) electrons. The smallest absolute Gasteiger partial charge is 0.330 e. The topological polar surface area (TPSA) is 123 Å². The van der Waals surface area contributed by atoms with Gasteiger partial charge in [-0.2, -0.15) is 0 Å². The monoisotopic (exact) mass is 228 g/mol. The molecule has 0 aliphatic carbocycles. The number of aliphatic carboxylic acids is 1. The third-order valence-electron chi connectivity index (χ3n) is 0.767. The molecule has 0 fully saturated rings. The van der Waals surface area contributed by atoms with E-state index in [1.807, 2.05) is 0 Å². The Labute approximate surface area is 93.9 Å². The van der Waals surface area contributed by atoms with Crippen molar-refractivity contribution in [3.8, 4) is 0 Å². The first-order valence-electron chi connectivity index (χ1n) is 3.91. The van der Waals surface area contributed by atoms with Crippen LogP contribution in [-0.4, -0.2) is 22.9 Å². The fraction of sp³-hybridized carbons (Fsp3) is 0.100. The zero-order valence-electron chi connectivity index (χ0n) is 9.10. The fourth-order valence-corrected chi connectivity index (χ4v) is 0. The van der Waals surface area contributed by atoms with Crippen LogP contribution in [0.1, 0.15) is 6.92 Å². The number of carbonyl (C=O) groups is 3. The van der Waals surface area contributed by atoms with Gasteiger partial charge in [-0.25, -0.2) is 4.79 Å². The minimum atomic E-state index is -0.935. The summed E-state index contributed by atoms with van der Waals surface area (Å²) in [5.74, 6) is -1.90. The lowest BCUT2D eigenvalue weighted by molar-refractivity contribution is -0.132. The summed E-state index contributed by atoms with van der Waals surface area (Å²) in [5, 5.41) is 7.89. The largest absolute Gasteiger partial charge is 0.478 e. The Hall–Kier alpha value is -2.37. The molecule has 0 unspecified atom stereocenters. The molecule has 0 atom stereocenters. The summed E-state index contributed by atoms with van der Waals surface area (Å²) >= 11 is 0. The van der Waals surface area contributed by atoms with E-state index >= 15 is 0 Å². The van der Waals surface area contributed by atoms with Crippen molar-refractivity contribution in [3.05, 3.63) is 37.5 Å². The molecule has 0 aromatic rings. The van der Waals surface area contributed by atoms with Crippen molar-refractivity contribution in [1.29, 1.82) is 0 Å². The molecule has 0 aliphatic heterocycles. The summed E-state index contributed by atoms with van der Waals surface area (Å²) in [6.07, 6.45) is 2.11. The van der Waals surface area contributed by atoms with Crippen LogP contribution in [0.3, 0.4) is 0 Å². The lowest BCUT2D eigenvalue weighted by atomic mass is 10.4. The summed E-state index contributed by atoms with van der Waals surface area (Å²) in [6.45, 7) is 10.8. The lowest BCUT2D eigenvalue weighted by Crippen LogP contribution is -2.04. The van der Waals surface area contributed by atoms with Crippen LogP contribution in [0.5, 0.6) is 0 Å². The third-order valence-corrected chi connectivity index (χ3v) is 0.767. The number of carboxylic acid groups (broad SMARTS) is 1. The molecule has 0 bridgehead atoms. The van der Waals surface area contributed by atoms with Gasteiger partial charge in [0.2, 0.25) is 11.8 Å². The highest BCUT2D eigenvalue weighted by Gasteiger charge is 1.90. The summed E-state index contributed by atoms with van der Waals surface area (Å²) in [5.41, 5.74) is 9.25. The van der Waals surface area contributed by atoms with Crippen molar-refractivity contribution < 1.29 is 19.5 Å². The molecule has 90 valence electrons. The van der Waals surface area contributed by atoms with Crippen molar-refractivity contribution in [3.63, 3.8) is 0 Å². The maximum Gasteiger partial charge on any atom is 0.330 e. The predicted octanol–water partition coefficient (Wildman–Crippen LogP) is -0.0375. The minimum Gasteiger partial charge on any atom is -0.478 e. The van der Waals surface area contributed by atoms with Crippen molar-refractivity contribution in [2.24, 2.45) is 11.5 Å². The Balaban J connectivity index is -0.000000160. The molecule has 5 N–H and O–H groups in total. The minimum absolute atomic E-state index is 0.176. The second kappa shape index (κ2) is 12.6. The van der Waals surface area contributed by atoms with Crippen molar-refractivity contribution in [1.82, 2.24) is 0 Å². The Kier molecular flexibility index (Phi) is 15.2. The Morgan fingerprint density at radius 1 is 1.06 bits per heavy atom. The van der Waals surface area contributed by atoms with Crippen LogP contribution in [-0.2, 0) is 14.4 Å². The third kappa shape index (κ3) is 41.5. The van der Waals surface area contributed by atoms with Gasteiger partial charge < -0.3 is 16.6 Å². The van der Waals surface area contributed by atoms with Crippen molar-refractivity contribution in [2.75, 3.05) is 0 Å². The SMILES string of the molecule is C=C(C)C(=O)O.C=CC(N)=O.C=CC(N)=O. The maximum absolute atomic E-state index is 9.60. The number of hydrogen-bond donors (Lipinski definition) is 3. The van der Waals surface area contributed by atoms with E-state index in [1.54, 1.807) is 0 Å². The second-order valence-electron chi connectivity index (χ2n) is 2.30. The van der Waals surface area contributed by atoms with Crippen LogP contribution in [0.4, 0.5) is 0 Å². The number of primary amides is 2. The van der Waals surface area contributed by atoms with Crippen LogP contribution >= 0.6 is 0 Å². The predicted molar refractivity (Wildman–Crippen MR) is 61.2 cm³/mol. The second-order valence-corrected chi connectivity index (χ2v) is 2.30. The molecule has 0 rings (SSSR count). The van der Waals surface area contributed by atoms with Gasteiger partial charge in [-0.1, -0.05) is 19.7 Å². The summed E-state index contributed by atoms with van der Waals surface area (Å²) in [4.78, 5) is 28.5. The number of carbonyl (C=O) groups excluding carboxylic acids is 2. The van der Waals surface area contributed by atoms with E-state index in [-0.39, 0.29) is 5.57 Å². The molecule has 0 spiro atoms. The maximum atomic E-state index is 9.60. The van der Waals surface area contributed by atoms with Crippen LogP contribution in [0, 0.1) is 0 Å². The van der Waals surface area contributed by atoms with Crippen LogP contribution in [0.15, 0.2) is 37.5 Å². The Morgan fingerprint density at radius 3 is 1.19 bits per heavy atom. The molecule has 0 aliphatic rings. The van der Waals surface area contributed by atoms with Gasteiger partial charge >= 0.3 is 5.97 Å². The summed E-state index contributed by atoms with van der Waals surface area (Å²) in [7, 11) is 0. The Morgan fingerprint density at radius 2 is 1.19 bits per heavy atom. The highest BCUT2D eigenvalue weighted by atomic mass is 16.4. The molecule has 6 nitrogen and oxygen atoms in total. The highest BCUT2D eigenvalue weighted by molar-refractivity contribution is 5.85. The van der Waals surface area contributed by atoms with E-state index in [0.717, 1.165) is 12.2 Å². The normalized spacial score (nSPS) is 6.81. The van der Waals surface area contributed by atoms with Gasteiger partial charge in [-0.05, 0) is 19.1 Å². The van der Waals surface area contributed by atoms with E-state index in [4.69, 9.17) is 5.11 Å². The molecular weight excluding hydrogens is 212 g/mol. The van der Waals surface area contributed by atoms with Crippen LogP contribution in [0.25, 0.3) is 0 Å². The molecule has 6 heteroatoms. The molecule has 0 heterocycles. The number of nitrogens with two attached hydrogens (primary N) is 2. The van der Waals surface area contributed by atoms with Crippen LogP contribution in [0.2, 0.25) is 0 Å². The lowest BCUT2D eigenvalue weighted by Gasteiger charge is -1.79. The van der Waals surface area contributed by atoms with Crippen molar-refractivity contribution >= 4 is 17.8 Å². The van der Waals surface area contributed by atoms with Crippen molar-refractivity contribution in [2.45, 2.75) is 6.92 Å². The van der Waals surface area contributed by atoms with Gasteiger partial charge in [0.05, 0.1) is 0 Å². The average molecular weight is 228 g/mol. The van der Waals surface area contributed by atoms with Gasteiger partial charge in [-0.3, -0.25) is 9.59 Å². The average Bonchev–Trinajstić information content (AvgIpc) is 2.19. The number of hydrogen-bond acceptors (Lipinski definition) is 3. The molecule has 0 aromatic heterocycles. The standard InChI is InChI=1S/C4H6O2.2C3H5NO/c1-3(2)4(5)6;2*1-2-3(4)5/h1H2,2H3,(H,5,6);2*2H,1H2,(H2,4,5). The first-order chi connectivity index (χ1) is 7.18. The number of rotatable bonds is 3. The highest BCUT2D eigenvalue weighted by Crippen LogP contribution is 1.81.